The fourth-order valence-corrected chi connectivity index (χ4v) is 1.64. The second-order valence-electron chi connectivity index (χ2n) is 4.13. The highest BCUT2D eigenvalue weighted by Gasteiger charge is 2.37. The third-order valence-corrected chi connectivity index (χ3v) is 2.65. The van der Waals surface area contributed by atoms with E-state index in [1.165, 1.54) is 11.8 Å². The summed E-state index contributed by atoms with van der Waals surface area (Å²) in [4.78, 5) is 19.3. The summed E-state index contributed by atoms with van der Waals surface area (Å²) in [6.45, 7) is 1.71. The van der Waals surface area contributed by atoms with Gasteiger partial charge in [-0.2, -0.15) is 13.2 Å². The molecule has 0 aliphatic carbocycles. The molecule has 0 atom stereocenters. The zero-order chi connectivity index (χ0) is 13.5. The van der Waals surface area contributed by atoms with Gasteiger partial charge in [0.1, 0.15) is 5.69 Å². The van der Waals surface area contributed by atoms with E-state index in [1.54, 1.807) is 0 Å². The molecule has 1 fully saturated rings. The molecule has 1 aliphatic heterocycles. The van der Waals surface area contributed by atoms with Gasteiger partial charge in [0.25, 0.3) is 0 Å². The molecule has 0 radical (unpaired) electrons. The topological polar surface area (TPSA) is 66.3 Å². The Morgan fingerprint density at radius 2 is 2.06 bits per heavy atom. The number of anilines is 1. The summed E-state index contributed by atoms with van der Waals surface area (Å²) < 4.78 is 37.6. The van der Waals surface area contributed by atoms with Crippen LogP contribution in [0.4, 0.5) is 19.1 Å². The van der Waals surface area contributed by atoms with Crippen LogP contribution in [0.1, 0.15) is 11.4 Å². The molecule has 1 aromatic rings. The zero-order valence-corrected chi connectivity index (χ0v) is 9.40. The van der Waals surface area contributed by atoms with Crippen molar-refractivity contribution in [3.05, 3.63) is 17.5 Å². The maximum Gasteiger partial charge on any atom is 0.433 e. The van der Waals surface area contributed by atoms with E-state index in [1.807, 2.05) is 0 Å². The Kier molecular flexibility index (Phi) is 2.88. The largest absolute Gasteiger partial charge is 0.481 e. The van der Waals surface area contributed by atoms with Crippen LogP contribution in [-0.2, 0) is 11.0 Å². The summed E-state index contributed by atoms with van der Waals surface area (Å²) in [5.41, 5.74) is -0.810. The number of aromatic nitrogens is 2. The normalized spacial score (nSPS) is 16.6. The Morgan fingerprint density at radius 1 is 1.44 bits per heavy atom. The average molecular weight is 261 g/mol. The van der Waals surface area contributed by atoms with Crippen LogP contribution in [0.5, 0.6) is 0 Å². The van der Waals surface area contributed by atoms with Crippen LogP contribution in [0.15, 0.2) is 6.07 Å². The van der Waals surface area contributed by atoms with E-state index in [9.17, 15) is 18.0 Å². The maximum atomic E-state index is 12.5. The van der Waals surface area contributed by atoms with Gasteiger partial charge < -0.3 is 10.0 Å². The van der Waals surface area contributed by atoms with Gasteiger partial charge in [0.05, 0.1) is 5.92 Å². The van der Waals surface area contributed by atoms with Crippen molar-refractivity contribution < 1.29 is 23.1 Å². The summed E-state index contributed by atoms with van der Waals surface area (Å²) >= 11 is 0. The van der Waals surface area contributed by atoms with Crippen molar-refractivity contribution in [2.45, 2.75) is 13.1 Å². The number of nitrogens with zero attached hydrogens (tertiary/aromatic N) is 3. The van der Waals surface area contributed by atoms with Crippen LogP contribution in [-0.4, -0.2) is 34.1 Å². The van der Waals surface area contributed by atoms with E-state index < -0.39 is 23.8 Å². The van der Waals surface area contributed by atoms with Gasteiger partial charge in [0.15, 0.2) is 0 Å². The minimum atomic E-state index is -4.53. The van der Waals surface area contributed by atoms with Gasteiger partial charge in [-0.3, -0.25) is 4.79 Å². The van der Waals surface area contributed by atoms with Gasteiger partial charge in [0, 0.05) is 18.8 Å². The molecule has 0 bridgehead atoms. The van der Waals surface area contributed by atoms with Crippen molar-refractivity contribution >= 4 is 11.9 Å². The molecular weight excluding hydrogens is 251 g/mol. The van der Waals surface area contributed by atoms with Crippen LogP contribution < -0.4 is 4.90 Å². The van der Waals surface area contributed by atoms with Gasteiger partial charge in [-0.1, -0.05) is 0 Å². The molecule has 98 valence electrons. The molecule has 0 aromatic carbocycles. The minimum absolute atomic E-state index is 0.0696. The van der Waals surface area contributed by atoms with Crippen molar-refractivity contribution in [1.29, 1.82) is 0 Å². The van der Waals surface area contributed by atoms with Crippen LogP contribution in [0, 0.1) is 12.8 Å². The van der Waals surface area contributed by atoms with Crippen LogP contribution in [0.3, 0.4) is 0 Å². The third kappa shape index (κ3) is 2.36. The van der Waals surface area contributed by atoms with Crippen molar-refractivity contribution in [3.63, 3.8) is 0 Å². The van der Waals surface area contributed by atoms with E-state index >= 15 is 0 Å². The first-order chi connectivity index (χ1) is 8.27. The zero-order valence-electron chi connectivity index (χ0n) is 9.40. The molecule has 2 heterocycles. The first-order valence-electron chi connectivity index (χ1n) is 5.18. The predicted molar refractivity (Wildman–Crippen MR) is 55.1 cm³/mol. The summed E-state index contributed by atoms with van der Waals surface area (Å²) in [7, 11) is 0. The summed E-state index contributed by atoms with van der Waals surface area (Å²) in [5.74, 6) is -1.60. The Bertz CT molecular complexity index is 484. The second kappa shape index (κ2) is 4.11. The molecule has 1 saturated heterocycles. The Hall–Kier alpha value is -1.86. The molecule has 0 saturated carbocycles. The number of hydrogen-bond donors (Lipinski definition) is 1. The van der Waals surface area contributed by atoms with Gasteiger partial charge in [0.2, 0.25) is 5.95 Å². The number of rotatable bonds is 2. The smallest absolute Gasteiger partial charge is 0.433 e. The van der Waals surface area contributed by atoms with Crippen molar-refractivity contribution in [3.8, 4) is 0 Å². The first-order valence-corrected chi connectivity index (χ1v) is 5.18. The van der Waals surface area contributed by atoms with Gasteiger partial charge in [-0.05, 0) is 13.0 Å². The molecule has 2 rings (SSSR count). The Balaban J connectivity index is 2.20. The molecule has 1 N–H and O–H groups in total. The first kappa shape index (κ1) is 12.6. The lowest BCUT2D eigenvalue weighted by Crippen LogP contribution is -2.51. The maximum absolute atomic E-state index is 12.5. The van der Waals surface area contributed by atoms with Crippen molar-refractivity contribution in [2.24, 2.45) is 5.92 Å². The number of hydrogen-bond acceptors (Lipinski definition) is 4. The molecule has 0 spiro atoms. The fraction of sp³-hybridized carbons (Fsp3) is 0.500. The van der Waals surface area contributed by atoms with Gasteiger partial charge in [-0.15, -0.1) is 0 Å². The standard InChI is InChI=1S/C10H10F3N3O2/c1-5-2-7(10(11,12)13)15-9(14-5)16-3-6(4-16)8(17)18/h2,6H,3-4H2,1H3,(H,17,18). The molecule has 18 heavy (non-hydrogen) atoms. The quantitative estimate of drug-likeness (QED) is 0.869. The van der Waals surface area contributed by atoms with E-state index in [-0.39, 0.29) is 24.7 Å². The number of carboxylic acid groups (broad SMARTS) is 1. The highest BCUT2D eigenvalue weighted by molar-refractivity contribution is 5.73. The molecule has 5 nitrogen and oxygen atoms in total. The monoisotopic (exact) mass is 261 g/mol. The van der Waals surface area contributed by atoms with E-state index in [0.29, 0.717) is 0 Å². The molecule has 0 amide bonds. The number of carbonyl (C=O) groups is 1. The van der Waals surface area contributed by atoms with E-state index in [2.05, 4.69) is 9.97 Å². The second-order valence-corrected chi connectivity index (χ2v) is 4.13. The van der Waals surface area contributed by atoms with E-state index in [4.69, 9.17) is 5.11 Å². The fourth-order valence-electron chi connectivity index (χ4n) is 1.64. The average Bonchev–Trinajstić information content (AvgIpc) is 2.11. The van der Waals surface area contributed by atoms with Crippen LogP contribution in [0.25, 0.3) is 0 Å². The number of halogens is 3. The minimum Gasteiger partial charge on any atom is -0.481 e. The summed E-state index contributed by atoms with van der Waals surface area (Å²) in [6, 6.07) is 0.859. The summed E-state index contributed by atoms with van der Waals surface area (Å²) in [5, 5.41) is 8.69. The van der Waals surface area contributed by atoms with Gasteiger partial charge in [-0.25, -0.2) is 9.97 Å². The third-order valence-electron chi connectivity index (χ3n) is 2.65. The lowest BCUT2D eigenvalue weighted by Gasteiger charge is -2.36. The molecule has 1 aromatic heterocycles. The molecule has 0 unspecified atom stereocenters. The molecule has 1 aliphatic rings. The summed E-state index contributed by atoms with van der Waals surface area (Å²) in [6.07, 6.45) is -4.53. The van der Waals surface area contributed by atoms with E-state index in [0.717, 1.165) is 6.07 Å². The van der Waals surface area contributed by atoms with Crippen molar-refractivity contribution in [1.82, 2.24) is 9.97 Å². The van der Waals surface area contributed by atoms with Crippen LogP contribution in [0.2, 0.25) is 0 Å². The highest BCUT2D eigenvalue weighted by atomic mass is 19.4. The highest BCUT2D eigenvalue weighted by Crippen LogP contribution is 2.30. The number of aliphatic carboxylic acids is 1. The van der Waals surface area contributed by atoms with Crippen LogP contribution >= 0.6 is 0 Å². The predicted octanol–water partition coefficient (Wildman–Crippen LogP) is 1.32. The number of carboxylic acids is 1. The Morgan fingerprint density at radius 3 is 2.56 bits per heavy atom. The van der Waals surface area contributed by atoms with Crippen molar-refractivity contribution in [2.75, 3.05) is 18.0 Å². The SMILES string of the molecule is Cc1cc(C(F)(F)F)nc(N2CC(C(=O)O)C2)n1. The lowest BCUT2D eigenvalue weighted by molar-refractivity contribution is -0.143. The lowest BCUT2D eigenvalue weighted by atomic mass is 10.0. The van der Waals surface area contributed by atoms with Gasteiger partial charge >= 0.3 is 12.1 Å². The number of alkyl halides is 3. The molecule has 8 heteroatoms. The molecular formula is C10H10F3N3O2. The Labute approximate surface area is 100 Å². The number of aryl methyl sites for hydroxylation is 1.